The lowest BCUT2D eigenvalue weighted by atomic mass is 9.90. The van der Waals surface area contributed by atoms with E-state index in [0.29, 0.717) is 26.3 Å². The number of hydrogen-bond donors (Lipinski definition) is 0. The zero-order chi connectivity index (χ0) is 15.6. The van der Waals surface area contributed by atoms with E-state index in [1.54, 1.807) is 12.4 Å². The Balaban J connectivity index is 1.57. The maximum Gasteiger partial charge on any atom is 0.211 e. The van der Waals surface area contributed by atoms with Crippen LogP contribution in [-0.2, 0) is 26.1 Å². The molecule has 0 N–H and O–H groups in total. The largest absolute Gasteiger partial charge is 0.371 e. The van der Waals surface area contributed by atoms with Gasteiger partial charge in [-0.1, -0.05) is 0 Å². The van der Waals surface area contributed by atoms with Gasteiger partial charge in [-0.25, -0.2) is 8.42 Å². The number of ether oxygens (including phenoxy) is 2. The fourth-order valence-corrected chi connectivity index (χ4v) is 4.16. The summed E-state index contributed by atoms with van der Waals surface area (Å²) in [6.07, 6.45) is 7.26. The Kier molecular flexibility index (Phi) is 4.49. The lowest BCUT2D eigenvalue weighted by Gasteiger charge is -2.38. The zero-order valence-corrected chi connectivity index (χ0v) is 13.6. The van der Waals surface area contributed by atoms with E-state index in [9.17, 15) is 8.42 Å². The Hall–Kier alpha value is -1.02. The number of pyridine rings is 1. The third-order valence-corrected chi connectivity index (χ3v) is 5.63. The van der Waals surface area contributed by atoms with Crippen molar-refractivity contribution in [2.45, 2.75) is 37.6 Å². The van der Waals surface area contributed by atoms with Gasteiger partial charge in [-0.15, -0.1) is 0 Å². The summed E-state index contributed by atoms with van der Waals surface area (Å²) in [5, 5.41) is 0. The number of nitrogens with zero attached hydrogens (tertiary/aromatic N) is 2. The van der Waals surface area contributed by atoms with Crippen LogP contribution in [0.2, 0.25) is 0 Å². The topological polar surface area (TPSA) is 68.7 Å². The maximum absolute atomic E-state index is 11.8. The molecule has 2 saturated heterocycles. The van der Waals surface area contributed by atoms with Gasteiger partial charge in [-0.05, 0) is 30.5 Å². The monoisotopic (exact) mass is 326 g/mol. The average molecular weight is 326 g/mol. The molecule has 0 bridgehead atoms. The second-order valence-electron chi connectivity index (χ2n) is 6.19. The van der Waals surface area contributed by atoms with Crippen LogP contribution in [-0.4, -0.2) is 55.4 Å². The van der Waals surface area contributed by atoms with E-state index >= 15 is 0 Å². The molecule has 0 aromatic carbocycles. The highest BCUT2D eigenvalue weighted by Crippen LogP contribution is 2.36. The van der Waals surface area contributed by atoms with Gasteiger partial charge in [0.15, 0.2) is 0 Å². The molecule has 0 radical (unpaired) electrons. The summed E-state index contributed by atoms with van der Waals surface area (Å²) in [6, 6.07) is 3.86. The van der Waals surface area contributed by atoms with Crippen LogP contribution in [0.4, 0.5) is 0 Å². The number of piperidine rings is 1. The minimum Gasteiger partial charge on any atom is -0.371 e. The molecule has 2 fully saturated rings. The van der Waals surface area contributed by atoms with Gasteiger partial charge in [-0.2, -0.15) is 4.31 Å². The van der Waals surface area contributed by atoms with Crippen molar-refractivity contribution in [1.29, 1.82) is 0 Å². The van der Waals surface area contributed by atoms with E-state index in [1.807, 2.05) is 12.1 Å². The first-order valence-corrected chi connectivity index (χ1v) is 9.41. The molecule has 2 atom stereocenters. The summed E-state index contributed by atoms with van der Waals surface area (Å²) in [7, 11) is -3.16. The molecule has 2 aliphatic rings. The molecule has 1 aromatic rings. The van der Waals surface area contributed by atoms with Gasteiger partial charge in [-0.3, -0.25) is 4.98 Å². The normalized spacial score (nSPS) is 30.0. The van der Waals surface area contributed by atoms with Gasteiger partial charge in [0.25, 0.3) is 0 Å². The van der Waals surface area contributed by atoms with E-state index in [2.05, 4.69) is 4.98 Å². The highest BCUT2D eigenvalue weighted by atomic mass is 32.2. The van der Waals surface area contributed by atoms with Crippen molar-refractivity contribution in [2.75, 3.05) is 26.0 Å². The minimum atomic E-state index is -3.16. The summed E-state index contributed by atoms with van der Waals surface area (Å²) in [4.78, 5) is 3.98. The predicted octanol–water partition coefficient (Wildman–Crippen LogP) is 1.18. The van der Waals surface area contributed by atoms with Crippen LogP contribution in [0.3, 0.4) is 0 Å². The molecule has 0 aliphatic carbocycles. The van der Waals surface area contributed by atoms with Crippen molar-refractivity contribution in [3.8, 4) is 0 Å². The Labute approximate surface area is 131 Å². The fraction of sp³-hybridized carbons (Fsp3) is 0.667. The van der Waals surface area contributed by atoms with Crippen LogP contribution < -0.4 is 0 Å². The predicted molar refractivity (Wildman–Crippen MR) is 81.8 cm³/mol. The maximum atomic E-state index is 11.8. The van der Waals surface area contributed by atoms with Crippen LogP contribution in [0.1, 0.15) is 24.8 Å². The summed E-state index contributed by atoms with van der Waals surface area (Å²) >= 11 is 0. The van der Waals surface area contributed by atoms with Crippen LogP contribution in [0, 0.1) is 0 Å². The van der Waals surface area contributed by atoms with Gasteiger partial charge >= 0.3 is 0 Å². The molecule has 0 unspecified atom stereocenters. The Morgan fingerprint density at radius 1 is 1.45 bits per heavy atom. The average Bonchev–Trinajstić information content (AvgIpc) is 2.88. The zero-order valence-electron chi connectivity index (χ0n) is 12.8. The molecule has 3 rings (SSSR count). The molecule has 2 aliphatic heterocycles. The van der Waals surface area contributed by atoms with Crippen molar-refractivity contribution in [2.24, 2.45) is 0 Å². The Morgan fingerprint density at radius 3 is 2.95 bits per heavy atom. The molecule has 0 saturated carbocycles. The SMILES string of the molecule is CS(=O)(=O)N1CCC[C@]2(C[C@H](OCc3ccncc3)CO2)C1. The van der Waals surface area contributed by atoms with E-state index in [-0.39, 0.29) is 11.7 Å². The van der Waals surface area contributed by atoms with Gasteiger partial charge in [0.05, 0.1) is 31.2 Å². The molecular formula is C15H22N2O4S. The van der Waals surface area contributed by atoms with Crippen molar-refractivity contribution in [1.82, 2.24) is 9.29 Å². The second-order valence-corrected chi connectivity index (χ2v) is 8.17. The highest BCUT2D eigenvalue weighted by molar-refractivity contribution is 7.88. The van der Waals surface area contributed by atoms with Crippen molar-refractivity contribution < 1.29 is 17.9 Å². The van der Waals surface area contributed by atoms with Crippen LogP contribution in [0.25, 0.3) is 0 Å². The highest BCUT2D eigenvalue weighted by Gasteiger charge is 2.45. The Bertz CT molecular complexity index is 607. The van der Waals surface area contributed by atoms with E-state index in [1.165, 1.54) is 10.6 Å². The molecular weight excluding hydrogens is 304 g/mol. The lowest BCUT2D eigenvalue weighted by Crippen LogP contribution is -2.49. The fourth-order valence-electron chi connectivity index (χ4n) is 3.23. The Morgan fingerprint density at radius 2 is 2.23 bits per heavy atom. The third kappa shape index (κ3) is 3.65. The van der Waals surface area contributed by atoms with Crippen LogP contribution in [0.5, 0.6) is 0 Å². The molecule has 22 heavy (non-hydrogen) atoms. The number of aromatic nitrogens is 1. The first-order chi connectivity index (χ1) is 10.5. The van der Waals surface area contributed by atoms with Gasteiger partial charge in [0.1, 0.15) is 0 Å². The van der Waals surface area contributed by atoms with Crippen molar-refractivity contribution in [3.05, 3.63) is 30.1 Å². The van der Waals surface area contributed by atoms with Gasteiger partial charge in [0, 0.05) is 31.9 Å². The molecule has 3 heterocycles. The van der Waals surface area contributed by atoms with Gasteiger partial charge < -0.3 is 9.47 Å². The third-order valence-electron chi connectivity index (χ3n) is 4.38. The summed E-state index contributed by atoms with van der Waals surface area (Å²) in [5.41, 5.74) is 0.710. The molecule has 6 nitrogen and oxygen atoms in total. The first kappa shape index (κ1) is 15.9. The van der Waals surface area contributed by atoms with Crippen LogP contribution >= 0.6 is 0 Å². The van der Waals surface area contributed by atoms with E-state index in [4.69, 9.17) is 9.47 Å². The number of hydrogen-bond acceptors (Lipinski definition) is 5. The summed E-state index contributed by atoms with van der Waals surface area (Å²) < 4.78 is 36.9. The molecule has 1 aromatic heterocycles. The molecule has 1 spiro atoms. The van der Waals surface area contributed by atoms with E-state index < -0.39 is 10.0 Å². The number of sulfonamides is 1. The van der Waals surface area contributed by atoms with Gasteiger partial charge in [0.2, 0.25) is 10.0 Å². The van der Waals surface area contributed by atoms with Crippen molar-refractivity contribution >= 4 is 10.0 Å². The standard InChI is InChI=1S/C15H22N2O4S/c1-22(18,19)17-8-2-5-15(12-17)9-14(11-21-15)20-10-13-3-6-16-7-4-13/h3-4,6-7,14H,2,5,8-12H2,1H3/t14-,15-/m0/s1. The van der Waals surface area contributed by atoms with Crippen LogP contribution in [0.15, 0.2) is 24.5 Å². The minimum absolute atomic E-state index is 0.0210. The summed E-state index contributed by atoms with van der Waals surface area (Å²) in [6.45, 7) is 2.10. The molecule has 0 amide bonds. The summed E-state index contributed by atoms with van der Waals surface area (Å²) in [5.74, 6) is 0. The second kappa shape index (κ2) is 6.23. The van der Waals surface area contributed by atoms with Crippen molar-refractivity contribution in [3.63, 3.8) is 0 Å². The van der Waals surface area contributed by atoms with E-state index in [0.717, 1.165) is 24.8 Å². The molecule has 7 heteroatoms. The first-order valence-electron chi connectivity index (χ1n) is 7.56. The molecule has 122 valence electrons. The number of rotatable bonds is 4. The quantitative estimate of drug-likeness (QED) is 0.831. The lowest BCUT2D eigenvalue weighted by molar-refractivity contribution is -0.0358. The smallest absolute Gasteiger partial charge is 0.211 e.